The molecule has 1 aliphatic carbocycles. The van der Waals surface area contributed by atoms with Crippen LogP contribution in [0.2, 0.25) is 0 Å². The number of nitrogens with one attached hydrogen (secondary N) is 1. The molecule has 1 aromatic carbocycles. The molecule has 1 aromatic rings. The van der Waals surface area contributed by atoms with Gasteiger partial charge in [-0.25, -0.2) is 4.99 Å². The standard InChI is InChI=1S/C21H22N2O4/c1-13-5-4-6-14(11-13)20(24)22-10-9-15-12-16-17(26-2)7-8-18(27-3)19(16)23-21(15)25/h4-8,11-12,16H,9-10H2,1-3H3,(H,22,24). The van der Waals surface area contributed by atoms with Crippen molar-refractivity contribution in [2.24, 2.45) is 10.9 Å². The number of dihydropyridines is 1. The Morgan fingerprint density at radius 3 is 2.74 bits per heavy atom. The Hall–Kier alpha value is -3.15. The predicted molar refractivity (Wildman–Crippen MR) is 102 cm³/mol. The Labute approximate surface area is 158 Å². The Kier molecular flexibility index (Phi) is 5.54. The Balaban J connectivity index is 1.67. The molecule has 27 heavy (non-hydrogen) atoms. The van der Waals surface area contributed by atoms with Crippen LogP contribution in [0.1, 0.15) is 22.3 Å². The van der Waals surface area contributed by atoms with Gasteiger partial charge in [-0.05, 0) is 37.6 Å². The van der Waals surface area contributed by atoms with Crippen molar-refractivity contribution in [3.8, 4) is 0 Å². The highest BCUT2D eigenvalue weighted by atomic mass is 16.5. The van der Waals surface area contributed by atoms with Crippen LogP contribution in [0.25, 0.3) is 0 Å². The van der Waals surface area contributed by atoms with Crippen molar-refractivity contribution in [1.29, 1.82) is 0 Å². The average molecular weight is 366 g/mol. The van der Waals surface area contributed by atoms with Crippen LogP contribution in [0, 0.1) is 12.8 Å². The van der Waals surface area contributed by atoms with E-state index in [1.165, 1.54) is 0 Å². The van der Waals surface area contributed by atoms with Gasteiger partial charge in [-0.1, -0.05) is 23.8 Å². The lowest BCUT2D eigenvalue weighted by Crippen LogP contribution is -2.30. The molecule has 0 spiro atoms. The van der Waals surface area contributed by atoms with Gasteiger partial charge in [-0.15, -0.1) is 0 Å². The number of fused-ring (bicyclic) bond motifs is 1. The number of benzene rings is 1. The van der Waals surface area contributed by atoms with Crippen molar-refractivity contribution < 1.29 is 19.1 Å². The van der Waals surface area contributed by atoms with E-state index in [-0.39, 0.29) is 17.7 Å². The minimum Gasteiger partial charge on any atom is -0.500 e. The van der Waals surface area contributed by atoms with Crippen LogP contribution in [0.4, 0.5) is 0 Å². The fourth-order valence-corrected chi connectivity index (χ4v) is 3.13. The van der Waals surface area contributed by atoms with Crippen molar-refractivity contribution >= 4 is 17.5 Å². The van der Waals surface area contributed by atoms with E-state index in [1.807, 2.05) is 37.3 Å². The first-order valence-corrected chi connectivity index (χ1v) is 8.72. The fourth-order valence-electron chi connectivity index (χ4n) is 3.13. The molecule has 1 aliphatic heterocycles. The second-order valence-corrected chi connectivity index (χ2v) is 6.36. The summed E-state index contributed by atoms with van der Waals surface area (Å²) in [4.78, 5) is 28.8. The van der Waals surface area contributed by atoms with Gasteiger partial charge < -0.3 is 14.8 Å². The van der Waals surface area contributed by atoms with Crippen LogP contribution in [-0.4, -0.2) is 38.3 Å². The van der Waals surface area contributed by atoms with Crippen molar-refractivity contribution in [2.45, 2.75) is 13.3 Å². The van der Waals surface area contributed by atoms with Gasteiger partial charge >= 0.3 is 0 Å². The first kappa shape index (κ1) is 18.6. The molecule has 140 valence electrons. The summed E-state index contributed by atoms with van der Waals surface area (Å²) in [5.74, 6) is 0.522. The van der Waals surface area contributed by atoms with Gasteiger partial charge in [0, 0.05) is 17.7 Å². The largest absolute Gasteiger partial charge is 0.500 e. The third kappa shape index (κ3) is 4.00. The Morgan fingerprint density at radius 1 is 1.22 bits per heavy atom. The maximum Gasteiger partial charge on any atom is 0.273 e. The first-order chi connectivity index (χ1) is 13.0. The molecular weight excluding hydrogens is 344 g/mol. The maximum atomic E-state index is 12.4. The number of amides is 2. The lowest BCUT2D eigenvalue weighted by atomic mass is 9.89. The van der Waals surface area contributed by atoms with Crippen LogP contribution < -0.4 is 5.32 Å². The van der Waals surface area contributed by atoms with E-state index in [9.17, 15) is 9.59 Å². The lowest BCUT2D eigenvalue weighted by molar-refractivity contribution is -0.114. The number of allylic oxidation sites excluding steroid dienone is 4. The van der Waals surface area contributed by atoms with Crippen molar-refractivity contribution in [3.63, 3.8) is 0 Å². The van der Waals surface area contributed by atoms with Gasteiger partial charge in [0.15, 0.2) is 0 Å². The van der Waals surface area contributed by atoms with Gasteiger partial charge in [0.25, 0.3) is 11.8 Å². The minimum absolute atomic E-state index is 0.161. The topological polar surface area (TPSA) is 77.0 Å². The zero-order chi connectivity index (χ0) is 19.4. The summed E-state index contributed by atoms with van der Waals surface area (Å²) >= 11 is 0. The molecule has 1 unspecified atom stereocenters. The molecule has 0 fully saturated rings. The predicted octanol–water partition coefficient (Wildman–Crippen LogP) is 2.71. The molecule has 6 nitrogen and oxygen atoms in total. The SMILES string of the molecule is COC1=CC=C(OC)C2C=C(CCNC(=O)c3cccc(C)c3)C(=O)N=C12. The molecular formula is C21H22N2O4. The highest BCUT2D eigenvalue weighted by Gasteiger charge is 2.32. The van der Waals surface area contributed by atoms with Gasteiger partial charge in [-0.3, -0.25) is 9.59 Å². The van der Waals surface area contributed by atoms with Crippen LogP contribution >= 0.6 is 0 Å². The molecule has 0 bridgehead atoms. The summed E-state index contributed by atoms with van der Waals surface area (Å²) in [5, 5.41) is 2.85. The second kappa shape index (κ2) is 8.03. The van der Waals surface area contributed by atoms with Crippen LogP contribution in [0.15, 0.2) is 64.6 Å². The summed E-state index contributed by atoms with van der Waals surface area (Å²) < 4.78 is 10.7. The molecule has 6 heteroatoms. The number of rotatable bonds is 6. The number of methoxy groups -OCH3 is 2. The van der Waals surface area contributed by atoms with Crippen LogP contribution in [0.3, 0.4) is 0 Å². The first-order valence-electron chi connectivity index (χ1n) is 8.72. The summed E-state index contributed by atoms with van der Waals surface area (Å²) in [5.41, 5.74) is 2.72. The third-order valence-corrected chi connectivity index (χ3v) is 4.53. The van der Waals surface area contributed by atoms with E-state index in [1.54, 1.807) is 26.4 Å². The monoisotopic (exact) mass is 366 g/mol. The Bertz CT molecular complexity index is 893. The quantitative estimate of drug-likeness (QED) is 0.840. The molecule has 1 atom stereocenters. The zero-order valence-corrected chi connectivity index (χ0v) is 15.6. The average Bonchev–Trinajstić information content (AvgIpc) is 2.67. The smallest absolute Gasteiger partial charge is 0.273 e. The normalized spacial score (nSPS) is 18.5. The summed E-state index contributed by atoms with van der Waals surface area (Å²) in [6, 6.07) is 7.37. The Morgan fingerprint density at radius 2 is 2.04 bits per heavy atom. The number of carbonyl (C=O) groups excluding carboxylic acids is 2. The van der Waals surface area contributed by atoms with E-state index in [4.69, 9.17) is 9.47 Å². The molecule has 1 heterocycles. The molecule has 1 N–H and O–H groups in total. The summed E-state index contributed by atoms with van der Waals surface area (Å²) in [7, 11) is 3.13. The highest BCUT2D eigenvalue weighted by molar-refractivity contribution is 6.15. The van der Waals surface area contributed by atoms with E-state index >= 15 is 0 Å². The van der Waals surface area contributed by atoms with E-state index < -0.39 is 0 Å². The van der Waals surface area contributed by atoms with Crippen molar-refractivity contribution in [2.75, 3.05) is 20.8 Å². The number of ether oxygens (including phenoxy) is 2. The molecule has 2 aliphatic rings. The molecule has 0 saturated heterocycles. The number of aryl methyl sites for hydroxylation is 1. The zero-order valence-electron chi connectivity index (χ0n) is 15.6. The molecule has 2 amide bonds. The van der Waals surface area contributed by atoms with Gasteiger partial charge in [0.1, 0.15) is 17.2 Å². The molecule has 0 aromatic heterocycles. The summed E-state index contributed by atoms with van der Waals surface area (Å²) in [6.07, 6.45) is 5.78. The van der Waals surface area contributed by atoms with E-state index in [0.29, 0.717) is 41.3 Å². The number of nitrogens with zero attached hydrogens (tertiary/aromatic N) is 1. The number of hydrogen-bond acceptors (Lipinski definition) is 4. The lowest BCUT2D eigenvalue weighted by Gasteiger charge is -2.26. The number of aliphatic imine (C=N–C) groups is 1. The fraction of sp³-hybridized carbons (Fsp3) is 0.286. The van der Waals surface area contributed by atoms with Crippen molar-refractivity contribution in [1.82, 2.24) is 5.32 Å². The molecule has 0 saturated carbocycles. The van der Waals surface area contributed by atoms with Crippen molar-refractivity contribution in [3.05, 3.63) is 70.7 Å². The third-order valence-electron chi connectivity index (χ3n) is 4.53. The molecule has 3 rings (SSSR count). The van der Waals surface area contributed by atoms with Gasteiger partial charge in [-0.2, -0.15) is 0 Å². The maximum absolute atomic E-state index is 12.4. The highest BCUT2D eigenvalue weighted by Crippen LogP contribution is 2.30. The minimum atomic E-state index is -0.314. The summed E-state index contributed by atoms with van der Waals surface area (Å²) in [6.45, 7) is 2.28. The van der Waals surface area contributed by atoms with Crippen LogP contribution in [0.5, 0.6) is 0 Å². The van der Waals surface area contributed by atoms with Gasteiger partial charge in [0.05, 0.1) is 20.1 Å². The number of hydrogen-bond donors (Lipinski definition) is 1. The van der Waals surface area contributed by atoms with Gasteiger partial charge in [0.2, 0.25) is 0 Å². The molecule has 0 radical (unpaired) electrons. The van der Waals surface area contributed by atoms with E-state index in [0.717, 1.165) is 5.56 Å². The van der Waals surface area contributed by atoms with E-state index in [2.05, 4.69) is 10.3 Å². The second-order valence-electron chi connectivity index (χ2n) is 6.36. The van der Waals surface area contributed by atoms with Crippen LogP contribution in [-0.2, 0) is 14.3 Å². The number of carbonyl (C=O) groups is 2.